The van der Waals surface area contributed by atoms with Crippen molar-refractivity contribution in [2.75, 3.05) is 33.3 Å². The molecule has 0 bridgehead atoms. The first-order valence-electron chi connectivity index (χ1n) is 11.9. The van der Waals surface area contributed by atoms with E-state index in [-0.39, 0.29) is 23.6 Å². The van der Waals surface area contributed by atoms with Gasteiger partial charge in [-0.25, -0.2) is 4.39 Å². The maximum atomic E-state index is 13.4. The molecule has 1 fully saturated rings. The Morgan fingerprint density at radius 3 is 2.62 bits per heavy atom. The monoisotopic (exact) mass is 464 g/mol. The topological polar surface area (TPSA) is 45.9 Å². The summed E-state index contributed by atoms with van der Waals surface area (Å²) in [5.74, 6) is 2.19. The molecule has 0 saturated carbocycles. The molecule has 0 aliphatic carbocycles. The van der Waals surface area contributed by atoms with Crippen molar-refractivity contribution in [2.45, 2.75) is 26.3 Å². The van der Waals surface area contributed by atoms with Crippen molar-refractivity contribution in [3.05, 3.63) is 89.6 Å². The fourth-order valence-electron chi connectivity index (χ4n) is 4.89. The standard InChI is InChI=1S/C28H33FN2O3/c1-20(2)15-31(28(32)21-9-11-24(29)12-10-21)17-23-16-30(18-26-8-5-13-34-26)19-27(23)22-6-4-7-25(14-22)33-3/h4-14,20,23,27H,15-19H2,1-3H3/t23-,27+/m0/s1. The Labute approximate surface area is 201 Å². The quantitative estimate of drug-likeness (QED) is 0.423. The van der Waals surface area contributed by atoms with Gasteiger partial charge in [-0.2, -0.15) is 0 Å². The van der Waals surface area contributed by atoms with E-state index in [1.807, 2.05) is 29.2 Å². The minimum absolute atomic E-state index is 0.0532. The molecule has 0 radical (unpaired) electrons. The van der Waals surface area contributed by atoms with Gasteiger partial charge in [0.1, 0.15) is 17.3 Å². The lowest BCUT2D eigenvalue weighted by molar-refractivity contribution is 0.0703. The predicted octanol–water partition coefficient (Wildman–Crippen LogP) is 5.44. The highest BCUT2D eigenvalue weighted by Gasteiger charge is 2.36. The van der Waals surface area contributed by atoms with Gasteiger partial charge in [0.2, 0.25) is 0 Å². The lowest BCUT2D eigenvalue weighted by atomic mass is 9.88. The number of methoxy groups -OCH3 is 1. The van der Waals surface area contributed by atoms with E-state index in [4.69, 9.17) is 9.15 Å². The van der Waals surface area contributed by atoms with E-state index in [0.717, 1.165) is 31.1 Å². The molecular weight excluding hydrogens is 431 g/mol. The van der Waals surface area contributed by atoms with Gasteiger partial charge in [0.25, 0.3) is 5.91 Å². The first-order valence-corrected chi connectivity index (χ1v) is 11.9. The van der Waals surface area contributed by atoms with Crippen LogP contribution in [-0.4, -0.2) is 49.0 Å². The van der Waals surface area contributed by atoms with Gasteiger partial charge < -0.3 is 14.1 Å². The zero-order valence-electron chi connectivity index (χ0n) is 20.1. The van der Waals surface area contributed by atoms with Crippen LogP contribution >= 0.6 is 0 Å². The summed E-state index contributed by atoms with van der Waals surface area (Å²) in [6.45, 7) is 7.97. The van der Waals surface area contributed by atoms with Crippen LogP contribution in [0.1, 0.15) is 41.4 Å². The normalized spacial score (nSPS) is 18.4. The molecule has 5 nitrogen and oxygen atoms in total. The van der Waals surface area contributed by atoms with Crippen molar-refractivity contribution in [3.8, 4) is 5.75 Å². The molecule has 2 aromatic carbocycles. The Morgan fingerprint density at radius 1 is 1.15 bits per heavy atom. The summed E-state index contributed by atoms with van der Waals surface area (Å²) in [6.07, 6.45) is 1.70. The summed E-state index contributed by atoms with van der Waals surface area (Å²) < 4.78 is 24.5. The fraction of sp³-hybridized carbons (Fsp3) is 0.393. The summed E-state index contributed by atoms with van der Waals surface area (Å²) in [5.41, 5.74) is 1.73. The molecule has 1 aromatic heterocycles. The molecule has 2 heterocycles. The first kappa shape index (κ1) is 24.0. The van der Waals surface area contributed by atoms with E-state index < -0.39 is 0 Å². The van der Waals surface area contributed by atoms with E-state index >= 15 is 0 Å². The van der Waals surface area contributed by atoms with E-state index in [9.17, 15) is 9.18 Å². The molecular formula is C28H33FN2O3. The number of amides is 1. The van der Waals surface area contributed by atoms with Crippen molar-refractivity contribution in [3.63, 3.8) is 0 Å². The SMILES string of the molecule is COc1cccc([C@H]2CN(Cc3ccco3)C[C@H]2CN(CC(C)C)C(=O)c2ccc(F)cc2)c1. The van der Waals surface area contributed by atoms with Crippen LogP contribution in [0.25, 0.3) is 0 Å². The van der Waals surface area contributed by atoms with Crippen LogP contribution in [0.15, 0.2) is 71.3 Å². The molecule has 4 rings (SSSR count). The number of hydrogen-bond donors (Lipinski definition) is 0. The average molecular weight is 465 g/mol. The summed E-state index contributed by atoms with van der Waals surface area (Å²) in [7, 11) is 1.68. The second kappa shape index (κ2) is 10.9. The first-order chi connectivity index (χ1) is 16.4. The number of carbonyl (C=O) groups excluding carboxylic acids is 1. The number of benzene rings is 2. The Morgan fingerprint density at radius 2 is 1.94 bits per heavy atom. The zero-order valence-corrected chi connectivity index (χ0v) is 20.1. The zero-order chi connectivity index (χ0) is 24.1. The van der Waals surface area contributed by atoms with Gasteiger partial charge in [0, 0.05) is 37.7 Å². The number of likely N-dealkylation sites (tertiary alicyclic amines) is 1. The van der Waals surface area contributed by atoms with E-state index in [1.165, 1.54) is 17.7 Å². The number of nitrogens with zero attached hydrogens (tertiary/aromatic N) is 2. The molecule has 180 valence electrons. The molecule has 1 amide bonds. The third-order valence-corrected chi connectivity index (χ3v) is 6.42. The van der Waals surface area contributed by atoms with Crippen LogP contribution in [0.5, 0.6) is 5.75 Å². The maximum absolute atomic E-state index is 13.4. The number of ether oxygens (including phenoxy) is 1. The number of hydrogen-bond acceptors (Lipinski definition) is 4. The van der Waals surface area contributed by atoms with E-state index in [0.29, 0.717) is 24.6 Å². The van der Waals surface area contributed by atoms with Crippen LogP contribution in [-0.2, 0) is 6.54 Å². The van der Waals surface area contributed by atoms with Crippen LogP contribution < -0.4 is 4.74 Å². The average Bonchev–Trinajstić information content (AvgIpc) is 3.48. The molecule has 0 N–H and O–H groups in total. The number of rotatable bonds is 9. The summed E-state index contributed by atoms with van der Waals surface area (Å²) in [4.78, 5) is 17.7. The van der Waals surface area contributed by atoms with Gasteiger partial charge in [0.05, 0.1) is 19.9 Å². The highest BCUT2D eigenvalue weighted by atomic mass is 19.1. The lowest BCUT2D eigenvalue weighted by Crippen LogP contribution is -2.39. The molecule has 1 saturated heterocycles. The Hall–Kier alpha value is -3.12. The Bertz CT molecular complexity index is 1070. The smallest absolute Gasteiger partial charge is 0.253 e. The third-order valence-electron chi connectivity index (χ3n) is 6.42. The largest absolute Gasteiger partial charge is 0.497 e. The van der Waals surface area contributed by atoms with Crippen molar-refractivity contribution in [1.82, 2.24) is 9.80 Å². The van der Waals surface area contributed by atoms with Crippen molar-refractivity contribution >= 4 is 5.91 Å². The van der Waals surface area contributed by atoms with Crippen LogP contribution in [0, 0.1) is 17.7 Å². The van der Waals surface area contributed by atoms with Gasteiger partial charge in [0.15, 0.2) is 0 Å². The molecule has 2 atom stereocenters. The van der Waals surface area contributed by atoms with Crippen LogP contribution in [0.4, 0.5) is 4.39 Å². The van der Waals surface area contributed by atoms with Crippen molar-refractivity contribution < 1.29 is 18.3 Å². The lowest BCUT2D eigenvalue weighted by Gasteiger charge is -2.30. The molecule has 0 unspecified atom stereocenters. The number of furan rings is 1. The summed E-state index contributed by atoms with van der Waals surface area (Å²) in [5, 5.41) is 0. The molecule has 1 aliphatic heterocycles. The van der Waals surface area contributed by atoms with Crippen molar-refractivity contribution in [2.24, 2.45) is 11.8 Å². The highest BCUT2D eigenvalue weighted by molar-refractivity contribution is 5.94. The summed E-state index contributed by atoms with van der Waals surface area (Å²) >= 11 is 0. The van der Waals surface area contributed by atoms with E-state index in [2.05, 4.69) is 30.9 Å². The van der Waals surface area contributed by atoms with Crippen LogP contribution in [0.2, 0.25) is 0 Å². The Balaban J connectivity index is 1.59. The summed E-state index contributed by atoms with van der Waals surface area (Å²) in [6, 6.07) is 18.0. The Kier molecular flexibility index (Phi) is 7.68. The van der Waals surface area contributed by atoms with Crippen molar-refractivity contribution in [1.29, 1.82) is 0 Å². The highest BCUT2D eigenvalue weighted by Crippen LogP contribution is 2.36. The predicted molar refractivity (Wildman–Crippen MR) is 130 cm³/mol. The second-order valence-corrected chi connectivity index (χ2v) is 9.53. The van der Waals surface area contributed by atoms with Gasteiger partial charge in [-0.15, -0.1) is 0 Å². The van der Waals surface area contributed by atoms with Gasteiger partial charge in [-0.1, -0.05) is 26.0 Å². The van der Waals surface area contributed by atoms with E-state index in [1.54, 1.807) is 25.5 Å². The van der Waals surface area contributed by atoms with Gasteiger partial charge >= 0.3 is 0 Å². The fourth-order valence-corrected chi connectivity index (χ4v) is 4.89. The molecule has 34 heavy (non-hydrogen) atoms. The van der Waals surface area contributed by atoms with Gasteiger partial charge in [-0.3, -0.25) is 9.69 Å². The van der Waals surface area contributed by atoms with Gasteiger partial charge in [-0.05, 0) is 65.9 Å². The maximum Gasteiger partial charge on any atom is 0.253 e. The molecule has 3 aromatic rings. The number of carbonyl (C=O) groups is 1. The van der Waals surface area contributed by atoms with Crippen LogP contribution in [0.3, 0.4) is 0 Å². The minimum atomic E-state index is -0.339. The third kappa shape index (κ3) is 5.86. The molecule has 1 aliphatic rings. The second-order valence-electron chi connectivity index (χ2n) is 9.53. The number of halogens is 1. The molecule has 6 heteroatoms. The minimum Gasteiger partial charge on any atom is -0.497 e. The molecule has 0 spiro atoms.